The van der Waals surface area contributed by atoms with Crippen LogP contribution in [0.25, 0.3) is 0 Å². The van der Waals surface area contributed by atoms with E-state index in [9.17, 15) is 23.4 Å². The highest BCUT2D eigenvalue weighted by Crippen LogP contribution is 2.42. The number of halogens is 3. The maximum Gasteiger partial charge on any atom is 0.416 e. The fourth-order valence-corrected chi connectivity index (χ4v) is 3.01. The van der Waals surface area contributed by atoms with Gasteiger partial charge in [-0.2, -0.15) is 13.2 Å². The largest absolute Gasteiger partial charge is 0.504 e. The molecule has 0 spiro atoms. The second-order valence-corrected chi connectivity index (χ2v) is 5.79. The third-order valence-corrected chi connectivity index (χ3v) is 4.23. The van der Waals surface area contributed by atoms with Gasteiger partial charge in [-0.15, -0.1) is 0 Å². The quantitative estimate of drug-likeness (QED) is 0.560. The Balaban J connectivity index is 2.40. The molecule has 2 aromatic carbocycles. The molecule has 23 heavy (non-hydrogen) atoms. The van der Waals surface area contributed by atoms with E-state index in [-0.39, 0.29) is 11.3 Å². The van der Waals surface area contributed by atoms with E-state index in [2.05, 4.69) is 10.3 Å². The lowest BCUT2D eigenvalue weighted by Gasteiger charge is -2.14. The number of aromatic hydroxyl groups is 2. The van der Waals surface area contributed by atoms with Crippen LogP contribution < -0.4 is 5.48 Å². The molecule has 0 radical (unpaired) electrons. The van der Waals surface area contributed by atoms with Crippen LogP contribution in [0.1, 0.15) is 11.1 Å². The van der Waals surface area contributed by atoms with E-state index in [1.54, 1.807) is 6.07 Å². The first-order valence-electron chi connectivity index (χ1n) is 6.43. The molecule has 0 saturated heterocycles. The van der Waals surface area contributed by atoms with Gasteiger partial charge in [-0.3, -0.25) is 10.3 Å². The average Bonchev–Trinajstić information content (AvgIpc) is 2.45. The molecule has 0 aliphatic heterocycles. The van der Waals surface area contributed by atoms with Gasteiger partial charge >= 0.3 is 6.18 Å². The topological polar surface area (TPSA) is 61.7 Å². The molecule has 0 heterocycles. The highest BCUT2D eigenvalue weighted by atomic mass is 32.2. The number of alkyl halides is 3. The highest BCUT2D eigenvalue weighted by Gasteiger charge is 2.32. The molecule has 4 nitrogen and oxygen atoms in total. The fraction of sp³-hybridized carbons (Fsp3) is 0.200. The molecule has 0 aliphatic carbocycles. The molecular weight excluding hydrogens is 331 g/mol. The zero-order valence-corrected chi connectivity index (χ0v) is 13.0. The maximum absolute atomic E-state index is 12.9. The molecule has 124 valence electrons. The maximum atomic E-state index is 12.9. The van der Waals surface area contributed by atoms with E-state index in [0.29, 0.717) is 9.79 Å². The Labute approximate surface area is 134 Å². The smallest absolute Gasteiger partial charge is 0.416 e. The lowest BCUT2D eigenvalue weighted by atomic mass is 10.1. The summed E-state index contributed by atoms with van der Waals surface area (Å²) in [5.74, 6) is -0.809. The minimum Gasteiger partial charge on any atom is -0.504 e. The number of phenolic OH excluding ortho intramolecular Hbond substituents is 2. The van der Waals surface area contributed by atoms with E-state index < -0.39 is 23.2 Å². The Bertz CT molecular complexity index is 720. The Morgan fingerprint density at radius 1 is 1.17 bits per heavy atom. The average molecular weight is 345 g/mol. The van der Waals surface area contributed by atoms with Crippen molar-refractivity contribution in [2.45, 2.75) is 22.9 Å². The molecule has 0 aliphatic rings. The van der Waals surface area contributed by atoms with Crippen LogP contribution >= 0.6 is 11.8 Å². The van der Waals surface area contributed by atoms with Gasteiger partial charge in [0, 0.05) is 9.79 Å². The molecule has 3 N–H and O–H groups in total. The molecule has 2 rings (SSSR count). The van der Waals surface area contributed by atoms with Crippen molar-refractivity contribution in [1.82, 2.24) is 0 Å². The normalized spacial score (nSPS) is 11.5. The molecule has 0 bridgehead atoms. The van der Waals surface area contributed by atoms with Gasteiger partial charge in [-0.25, -0.2) is 0 Å². The van der Waals surface area contributed by atoms with Crippen molar-refractivity contribution >= 4 is 17.4 Å². The van der Waals surface area contributed by atoms with Crippen LogP contribution in [0.4, 0.5) is 18.9 Å². The molecule has 0 aromatic heterocycles. The Kier molecular flexibility index (Phi) is 4.96. The van der Waals surface area contributed by atoms with E-state index >= 15 is 0 Å². The van der Waals surface area contributed by atoms with Crippen molar-refractivity contribution in [3.05, 3.63) is 41.5 Å². The minimum absolute atomic E-state index is 0.0961. The molecule has 8 heteroatoms. The van der Waals surface area contributed by atoms with Crippen LogP contribution in [0.3, 0.4) is 0 Å². The molecule has 2 aromatic rings. The van der Waals surface area contributed by atoms with Crippen molar-refractivity contribution in [3.63, 3.8) is 0 Å². The predicted octanol–water partition coefficient (Wildman–Crippen LogP) is 4.55. The van der Waals surface area contributed by atoms with Crippen LogP contribution in [0, 0.1) is 6.92 Å². The van der Waals surface area contributed by atoms with Gasteiger partial charge in [0.15, 0.2) is 11.5 Å². The standard InChI is InChI=1S/C15H14F3NO3S/c1-8-10(15(16,17)18)4-3-5-13(8)23-9-6-11(19-22-2)14(21)12(20)7-9/h3-7,19-21H,1-2H3. The summed E-state index contributed by atoms with van der Waals surface area (Å²) in [6.45, 7) is 1.39. The molecule has 0 fully saturated rings. The van der Waals surface area contributed by atoms with Crippen molar-refractivity contribution in [1.29, 1.82) is 0 Å². The second-order valence-electron chi connectivity index (χ2n) is 4.67. The van der Waals surface area contributed by atoms with E-state index in [1.165, 1.54) is 32.2 Å². The molecular formula is C15H14F3NO3S. The monoisotopic (exact) mass is 345 g/mol. The summed E-state index contributed by atoms with van der Waals surface area (Å²) in [5, 5.41) is 19.4. The van der Waals surface area contributed by atoms with Crippen LogP contribution in [-0.4, -0.2) is 17.3 Å². The third kappa shape index (κ3) is 3.83. The van der Waals surface area contributed by atoms with Gasteiger partial charge in [-0.05, 0) is 36.8 Å². The first-order valence-corrected chi connectivity index (χ1v) is 7.25. The van der Waals surface area contributed by atoms with Gasteiger partial charge in [0.1, 0.15) is 5.69 Å². The Morgan fingerprint density at radius 3 is 2.48 bits per heavy atom. The van der Waals surface area contributed by atoms with Crippen LogP contribution in [0.2, 0.25) is 0 Å². The second kappa shape index (κ2) is 6.59. The number of hydrogen-bond acceptors (Lipinski definition) is 5. The van der Waals surface area contributed by atoms with Crippen LogP contribution in [0.5, 0.6) is 11.5 Å². The third-order valence-electron chi connectivity index (χ3n) is 3.09. The SMILES string of the molecule is CONc1cc(Sc2cccc(C(F)(F)F)c2C)cc(O)c1O. The van der Waals surface area contributed by atoms with Gasteiger partial charge in [-0.1, -0.05) is 17.8 Å². The zero-order valence-electron chi connectivity index (χ0n) is 12.2. The predicted molar refractivity (Wildman–Crippen MR) is 80.7 cm³/mol. The number of hydrogen-bond donors (Lipinski definition) is 3. The summed E-state index contributed by atoms with van der Waals surface area (Å²) in [5.41, 5.74) is 1.89. The summed E-state index contributed by atoms with van der Waals surface area (Å²) in [6, 6.07) is 6.63. The highest BCUT2D eigenvalue weighted by molar-refractivity contribution is 7.99. The lowest BCUT2D eigenvalue weighted by Crippen LogP contribution is -2.07. The van der Waals surface area contributed by atoms with Crippen molar-refractivity contribution in [3.8, 4) is 11.5 Å². The summed E-state index contributed by atoms with van der Waals surface area (Å²) >= 11 is 1.04. The number of benzene rings is 2. The fourth-order valence-electron chi connectivity index (χ4n) is 2.00. The van der Waals surface area contributed by atoms with Crippen LogP contribution in [0.15, 0.2) is 40.1 Å². The molecule has 0 unspecified atom stereocenters. The minimum atomic E-state index is -4.43. The lowest BCUT2D eigenvalue weighted by molar-refractivity contribution is -0.138. The summed E-state index contributed by atoms with van der Waals surface area (Å²) in [4.78, 5) is 5.52. The Hall–Kier alpha value is -2.06. The number of anilines is 1. The van der Waals surface area contributed by atoms with Gasteiger partial charge in [0.2, 0.25) is 0 Å². The number of rotatable bonds is 4. The van der Waals surface area contributed by atoms with Crippen molar-refractivity contribution < 1.29 is 28.2 Å². The van der Waals surface area contributed by atoms with E-state index in [4.69, 9.17) is 0 Å². The number of nitrogens with one attached hydrogen (secondary N) is 1. The summed E-state index contributed by atoms with van der Waals surface area (Å²) in [7, 11) is 1.33. The van der Waals surface area contributed by atoms with E-state index in [1.807, 2.05) is 0 Å². The van der Waals surface area contributed by atoms with Crippen molar-refractivity contribution in [2.75, 3.05) is 12.6 Å². The summed E-state index contributed by atoms with van der Waals surface area (Å²) in [6.07, 6.45) is -4.43. The molecule has 0 saturated carbocycles. The zero-order chi connectivity index (χ0) is 17.2. The molecule has 0 atom stereocenters. The first kappa shape index (κ1) is 17.3. The Morgan fingerprint density at radius 2 is 1.87 bits per heavy atom. The molecule has 0 amide bonds. The first-order chi connectivity index (χ1) is 10.7. The van der Waals surface area contributed by atoms with Crippen LogP contribution in [-0.2, 0) is 11.0 Å². The van der Waals surface area contributed by atoms with Gasteiger partial charge < -0.3 is 10.2 Å². The van der Waals surface area contributed by atoms with Crippen molar-refractivity contribution in [2.24, 2.45) is 0 Å². The van der Waals surface area contributed by atoms with E-state index in [0.717, 1.165) is 17.8 Å². The number of phenols is 2. The van der Waals surface area contributed by atoms with Gasteiger partial charge in [0.25, 0.3) is 0 Å². The summed E-state index contributed by atoms with van der Waals surface area (Å²) < 4.78 is 38.8. The van der Waals surface area contributed by atoms with Gasteiger partial charge in [0.05, 0.1) is 12.7 Å².